The van der Waals surface area contributed by atoms with Gasteiger partial charge < -0.3 is 10.6 Å². The average Bonchev–Trinajstić information content (AvgIpc) is 2.99. The molecule has 6 heteroatoms. The fourth-order valence-electron chi connectivity index (χ4n) is 2.32. The summed E-state index contributed by atoms with van der Waals surface area (Å²) < 4.78 is 0. The summed E-state index contributed by atoms with van der Waals surface area (Å²) in [4.78, 5) is 8.75. The van der Waals surface area contributed by atoms with E-state index in [9.17, 15) is 0 Å². The Morgan fingerprint density at radius 1 is 1.08 bits per heavy atom. The molecule has 0 saturated heterocycles. The maximum absolute atomic E-state index is 4.49. The van der Waals surface area contributed by atoms with Gasteiger partial charge in [0.25, 0.3) is 0 Å². The van der Waals surface area contributed by atoms with E-state index in [4.69, 9.17) is 0 Å². The number of guanidine groups is 1. The largest absolute Gasteiger partial charge is 0.356 e. The summed E-state index contributed by atoms with van der Waals surface area (Å²) in [6.45, 7) is 3.88. The molecule has 0 saturated carbocycles. The molecule has 0 amide bonds. The van der Waals surface area contributed by atoms with Gasteiger partial charge in [-0.15, -0.1) is 35.3 Å². The first kappa shape index (κ1) is 20.9. The van der Waals surface area contributed by atoms with E-state index in [0.717, 1.165) is 50.4 Å². The molecule has 0 aliphatic heterocycles. The van der Waals surface area contributed by atoms with E-state index >= 15 is 0 Å². The molecule has 1 aromatic heterocycles. The van der Waals surface area contributed by atoms with Crippen molar-refractivity contribution in [3.63, 3.8) is 0 Å². The fraction of sp³-hybridized carbons (Fsp3) is 0.444. The van der Waals surface area contributed by atoms with Gasteiger partial charge in [0, 0.05) is 31.2 Å². The molecule has 0 bridgehead atoms. The molecule has 0 spiro atoms. The van der Waals surface area contributed by atoms with Crippen LogP contribution in [-0.4, -0.2) is 31.1 Å². The van der Waals surface area contributed by atoms with Crippen LogP contribution in [0.25, 0.3) is 0 Å². The number of nitrogens with zero attached hydrogens (tertiary/aromatic N) is 2. The van der Waals surface area contributed by atoms with E-state index in [-0.39, 0.29) is 24.0 Å². The van der Waals surface area contributed by atoms with E-state index in [1.807, 2.05) is 20.0 Å². The molecule has 2 N–H and O–H groups in total. The first-order valence-electron chi connectivity index (χ1n) is 8.17. The highest BCUT2D eigenvalue weighted by Gasteiger charge is 2.00. The summed E-state index contributed by atoms with van der Waals surface area (Å²) in [6, 6.07) is 10.5. The van der Waals surface area contributed by atoms with E-state index in [1.165, 1.54) is 10.6 Å². The summed E-state index contributed by atoms with van der Waals surface area (Å²) in [5, 5.41) is 10.1. The van der Waals surface area contributed by atoms with Crippen molar-refractivity contribution in [1.82, 2.24) is 15.6 Å². The van der Waals surface area contributed by atoms with Crippen LogP contribution < -0.4 is 10.6 Å². The van der Waals surface area contributed by atoms with Crippen LogP contribution in [0.5, 0.6) is 0 Å². The lowest BCUT2D eigenvalue weighted by atomic mass is 10.1. The van der Waals surface area contributed by atoms with E-state index in [0.29, 0.717) is 0 Å². The summed E-state index contributed by atoms with van der Waals surface area (Å²) in [5.41, 5.74) is 2.47. The van der Waals surface area contributed by atoms with Gasteiger partial charge in [-0.05, 0) is 38.2 Å². The van der Waals surface area contributed by atoms with Gasteiger partial charge in [0.05, 0.1) is 5.01 Å². The summed E-state index contributed by atoms with van der Waals surface area (Å²) in [7, 11) is 1.82. The quantitative estimate of drug-likeness (QED) is 0.274. The van der Waals surface area contributed by atoms with Crippen LogP contribution >= 0.6 is 35.3 Å². The molecule has 0 atom stereocenters. The number of rotatable bonds is 8. The summed E-state index contributed by atoms with van der Waals surface area (Å²) >= 11 is 1.76. The number of benzene rings is 1. The zero-order valence-electron chi connectivity index (χ0n) is 14.4. The van der Waals surface area contributed by atoms with Crippen LogP contribution in [-0.2, 0) is 12.8 Å². The minimum atomic E-state index is 0. The van der Waals surface area contributed by atoms with Gasteiger partial charge in [-0.25, -0.2) is 4.98 Å². The van der Waals surface area contributed by atoms with Gasteiger partial charge in [-0.2, -0.15) is 0 Å². The maximum Gasteiger partial charge on any atom is 0.190 e. The van der Waals surface area contributed by atoms with Gasteiger partial charge in [-0.3, -0.25) is 4.99 Å². The molecule has 1 heterocycles. The Hall–Kier alpha value is -1.15. The molecule has 0 unspecified atom stereocenters. The lowest BCUT2D eigenvalue weighted by molar-refractivity contribution is 0.691. The Morgan fingerprint density at radius 2 is 1.83 bits per heavy atom. The number of halogens is 1. The highest BCUT2D eigenvalue weighted by atomic mass is 127. The lowest BCUT2D eigenvalue weighted by Gasteiger charge is -2.11. The van der Waals surface area contributed by atoms with E-state index in [2.05, 4.69) is 50.3 Å². The van der Waals surface area contributed by atoms with Crippen molar-refractivity contribution in [2.75, 3.05) is 20.1 Å². The van der Waals surface area contributed by atoms with Crippen LogP contribution in [0, 0.1) is 6.92 Å². The van der Waals surface area contributed by atoms with Gasteiger partial charge >= 0.3 is 0 Å². The number of aryl methyl sites for hydroxylation is 2. The van der Waals surface area contributed by atoms with Crippen molar-refractivity contribution < 1.29 is 0 Å². The second-order valence-electron chi connectivity index (χ2n) is 5.50. The van der Waals surface area contributed by atoms with Gasteiger partial charge in [-0.1, -0.05) is 30.3 Å². The molecular weight excluding hydrogens is 431 g/mol. The second-order valence-corrected chi connectivity index (χ2v) is 6.44. The molecule has 24 heavy (non-hydrogen) atoms. The molecule has 1 aromatic carbocycles. The predicted octanol–water partition coefficient (Wildman–Crippen LogP) is 3.80. The third kappa shape index (κ3) is 8.10. The number of hydrogen-bond donors (Lipinski definition) is 2. The van der Waals surface area contributed by atoms with E-state index in [1.54, 1.807) is 11.3 Å². The van der Waals surface area contributed by atoms with Crippen LogP contribution in [0.15, 0.2) is 40.7 Å². The van der Waals surface area contributed by atoms with Gasteiger partial charge in [0.1, 0.15) is 0 Å². The van der Waals surface area contributed by atoms with Crippen molar-refractivity contribution in [2.24, 2.45) is 4.99 Å². The first-order valence-corrected chi connectivity index (χ1v) is 9.05. The summed E-state index contributed by atoms with van der Waals surface area (Å²) in [5.74, 6) is 0.881. The highest BCUT2D eigenvalue weighted by Crippen LogP contribution is 2.11. The standard InChI is InChI=1S/C18H26N4S.HI/c1-15-14-23-17(22-15)10-6-7-12-20-18(19-2)21-13-11-16-8-4-3-5-9-16;/h3-5,8-9,14H,6-7,10-13H2,1-2H3,(H2,19,20,21);1H. The van der Waals surface area contributed by atoms with Gasteiger partial charge in [0.15, 0.2) is 5.96 Å². The molecular formula is C18H27IN4S. The minimum absolute atomic E-state index is 0. The molecule has 0 fully saturated rings. The third-order valence-electron chi connectivity index (χ3n) is 3.55. The zero-order valence-corrected chi connectivity index (χ0v) is 17.6. The van der Waals surface area contributed by atoms with Crippen LogP contribution in [0.4, 0.5) is 0 Å². The SMILES string of the molecule is CN=C(NCCCCc1nc(C)cs1)NCCc1ccccc1.I. The van der Waals surface area contributed by atoms with Gasteiger partial charge in [0.2, 0.25) is 0 Å². The average molecular weight is 458 g/mol. The fourth-order valence-corrected chi connectivity index (χ4v) is 3.13. The lowest BCUT2D eigenvalue weighted by Crippen LogP contribution is -2.38. The van der Waals surface area contributed by atoms with E-state index < -0.39 is 0 Å². The molecule has 2 rings (SSSR count). The Labute approximate surface area is 166 Å². The Balaban J connectivity index is 0.00000288. The van der Waals surface area contributed by atoms with Crippen molar-refractivity contribution in [1.29, 1.82) is 0 Å². The van der Waals surface area contributed by atoms with Crippen molar-refractivity contribution in [3.05, 3.63) is 52.0 Å². The number of aromatic nitrogens is 1. The minimum Gasteiger partial charge on any atom is -0.356 e. The number of hydrogen-bond acceptors (Lipinski definition) is 3. The van der Waals surface area contributed by atoms with Crippen LogP contribution in [0.3, 0.4) is 0 Å². The predicted molar refractivity (Wildman–Crippen MR) is 115 cm³/mol. The number of unbranched alkanes of at least 4 members (excludes halogenated alkanes) is 1. The first-order chi connectivity index (χ1) is 11.3. The van der Waals surface area contributed by atoms with Crippen molar-refractivity contribution >= 4 is 41.3 Å². The number of aliphatic imine (C=N–C) groups is 1. The molecule has 132 valence electrons. The molecule has 2 aromatic rings. The topological polar surface area (TPSA) is 49.3 Å². The number of nitrogens with one attached hydrogen (secondary N) is 2. The van der Waals surface area contributed by atoms with Crippen LogP contribution in [0.2, 0.25) is 0 Å². The molecule has 0 aliphatic carbocycles. The monoisotopic (exact) mass is 458 g/mol. The Morgan fingerprint density at radius 3 is 2.50 bits per heavy atom. The maximum atomic E-state index is 4.49. The Kier molecular flexibility index (Phi) is 10.7. The van der Waals surface area contributed by atoms with Crippen molar-refractivity contribution in [3.8, 4) is 0 Å². The zero-order chi connectivity index (χ0) is 16.3. The smallest absolute Gasteiger partial charge is 0.190 e. The number of thiazole rings is 1. The molecule has 0 aliphatic rings. The molecule has 0 radical (unpaired) electrons. The summed E-state index contributed by atoms with van der Waals surface area (Å²) in [6.07, 6.45) is 4.35. The third-order valence-corrected chi connectivity index (χ3v) is 4.58. The molecule has 4 nitrogen and oxygen atoms in total. The second kappa shape index (κ2) is 12.2. The Bertz CT molecular complexity index is 598. The van der Waals surface area contributed by atoms with Crippen LogP contribution in [0.1, 0.15) is 29.1 Å². The highest BCUT2D eigenvalue weighted by molar-refractivity contribution is 14.0. The normalized spacial score (nSPS) is 11.0. The van der Waals surface area contributed by atoms with Crippen molar-refractivity contribution in [2.45, 2.75) is 32.6 Å².